The molecule has 0 fully saturated rings. The molecular weight excluding hydrogens is 328 g/mol. The molecule has 0 aliphatic rings. The van der Waals surface area contributed by atoms with Crippen molar-refractivity contribution in [1.29, 1.82) is 5.26 Å². The van der Waals surface area contributed by atoms with Crippen LogP contribution in [0.15, 0.2) is 48.5 Å². The first-order valence-electron chi connectivity index (χ1n) is 8.11. The number of hydrogen-bond donors (Lipinski definition) is 2. The molecular formula is C20H18N4O2. The summed E-state index contributed by atoms with van der Waals surface area (Å²) in [4.78, 5) is 19.4. The number of nitriles is 1. The monoisotopic (exact) mass is 346 g/mol. The molecule has 1 aromatic heterocycles. The van der Waals surface area contributed by atoms with E-state index in [4.69, 9.17) is 4.74 Å². The Morgan fingerprint density at radius 3 is 2.81 bits per heavy atom. The highest BCUT2D eigenvalue weighted by molar-refractivity contribution is 5.92. The number of imidazole rings is 1. The molecule has 1 amide bonds. The maximum atomic E-state index is 12.1. The number of nitrogens with one attached hydrogen (secondary N) is 2. The van der Waals surface area contributed by atoms with Crippen LogP contribution in [0.4, 0.5) is 5.69 Å². The van der Waals surface area contributed by atoms with Crippen molar-refractivity contribution in [2.45, 2.75) is 13.8 Å². The van der Waals surface area contributed by atoms with E-state index in [1.807, 2.05) is 43.3 Å². The van der Waals surface area contributed by atoms with E-state index in [9.17, 15) is 10.1 Å². The maximum Gasteiger partial charge on any atom is 0.262 e. The highest BCUT2D eigenvalue weighted by atomic mass is 16.5. The van der Waals surface area contributed by atoms with Gasteiger partial charge in [-0.1, -0.05) is 24.3 Å². The lowest BCUT2D eigenvalue weighted by atomic mass is 10.1. The summed E-state index contributed by atoms with van der Waals surface area (Å²) in [6.07, 6.45) is 0. The number of anilines is 1. The number of H-pyrrole nitrogens is 1. The number of rotatable bonds is 5. The van der Waals surface area contributed by atoms with Crippen molar-refractivity contribution in [3.8, 4) is 23.1 Å². The molecule has 0 radical (unpaired) electrons. The van der Waals surface area contributed by atoms with Gasteiger partial charge in [0.25, 0.3) is 5.91 Å². The topological polar surface area (TPSA) is 90.8 Å². The zero-order valence-corrected chi connectivity index (χ0v) is 14.5. The fraction of sp³-hybridized carbons (Fsp3) is 0.150. The standard InChI is InChI=1S/C20H18N4O2/c1-13-5-3-8-17(9-13)26-12-19(25)24-16-7-4-6-15(10-16)20-18(11-21)22-14(2)23-20/h3-10H,12H2,1-2H3,(H,22,23)(H,24,25). The Balaban J connectivity index is 1.68. The van der Waals surface area contributed by atoms with E-state index in [0.29, 0.717) is 28.6 Å². The Morgan fingerprint density at radius 1 is 1.23 bits per heavy atom. The van der Waals surface area contributed by atoms with E-state index in [0.717, 1.165) is 11.1 Å². The molecule has 0 saturated heterocycles. The number of carbonyl (C=O) groups is 1. The number of amides is 1. The highest BCUT2D eigenvalue weighted by Gasteiger charge is 2.11. The molecule has 130 valence electrons. The van der Waals surface area contributed by atoms with Gasteiger partial charge < -0.3 is 15.0 Å². The van der Waals surface area contributed by atoms with E-state index in [1.165, 1.54) is 0 Å². The van der Waals surface area contributed by atoms with Gasteiger partial charge in [0.1, 0.15) is 17.6 Å². The number of aryl methyl sites for hydroxylation is 2. The molecule has 0 atom stereocenters. The average molecular weight is 346 g/mol. The van der Waals surface area contributed by atoms with E-state index in [-0.39, 0.29) is 12.5 Å². The summed E-state index contributed by atoms with van der Waals surface area (Å²) in [7, 11) is 0. The number of hydrogen-bond acceptors (Lipinski definition) is 4. The first-order valence-corrected chi connectivity index (χ1v) is 8.11. The second kappa shape index (κ2) is 7.53. The van der Waals surface area contributed by atoms with Crippen LogP contribution in [0.5, 0.6) is 5.75 Å². The van der Waals surface area contributed by atoms with Crippen molar-refractivity contribution in [3.05, 3.63) is 65.6 Å². The molecule has 0 bridgehead atoms. The van der Waals surface area contributed by atoms with Gasteiger partial charge in [0, 0.05) is 11.3 Å². The number of benzene rings is 2. The average Bonchev–Trinajstić information content (AvgIpc) is 3.01. The van der Waals surface area contributed by atoms with Crippen LogP contribution in [-0.2, 0) is 4.79 Å². The smallest absolute Gasteiger partial charge is 0.262 e. The third-order valence-corrected chi connectivity index (χ3v) is 3.72. The summed E-state index contributed by atoms with van der Waals surface area (Å²) in [5, 5.41) is 12.0. The van der Waals surface area contributed by atoms with Crippen LogP contribution in [0.1, 0.15) is 17.1 Å². The van der Waals surface area contributed by atoms with E-state index in [1.54, 1.807) is 19.1 Å². The number of aromatic amines is 1. The third-order valence-electron chi connectivity index (χ3n) is 3.72. The molecule has 6 heteroatoms. The van der Waals surface area contributed by atoms with Crippen LogP contribution in [0.3, 0.4) is 0 Å². The minimum atomic E-state index is -0.259. The van der Waals surface area contributed by atoms with Gasteiger partial charge in [0.15, 0.2) is 12.3 Å². The van der Waals surface area contributed by atoms with Gasteiger partial charge in [0.2, 0.25) is 0 Å². The predicted octanol–water partition coefficient (Wildman–Crippen LogP) is 3.58. The predicted molar refractivity (Wildman–Crippen MR) is 98.8 cm³/mol. The molecule has 1 heterocycles. The summed E-state index contributed by atoms with van der Waals surface area (Å²) >= 11 is 0. The lowest BCUT2D eigenvalue weighted by molar-refractivity contribution is -0.118. The number of ether oxygens (including phenoxy) is 1. The Hall–Kier alpha value is -3.59. The van der Waals surface area contributed by atoms with E-state index in [2.05, 4.69) is 21.4 Å². The number of nitrogens with zero attached hydrogens (tertiary/aromatic N) is 2. The molecule has 0 spiro atoms. The van der Waals surface area contributed by atoms with Crippen molar-refractivity contribution in [2.75, 3.05) is 11.9 Å². The van der Waals surface area contributed by atoms with Crippen molar-refractivity contribution >= 4 is 11.6 Å². The number of carbonyl (C=O) groups excluding carboxylic acids is 1. The lowest BCUT2D eigenvalue weighted by Crippen LogP contribution is -2.20. The zero-order chi connectivity index (χ0) is 18.5. The van der Waals surface area contributed by atoms with Crippen LogP contribution >= 0.6 is 0 Å². The second-order valence-electron chi connectivity index (χ2n) is 5.89. The first kappa shape index (κ1) is 17.2. The lowest BCUT2D eigenvalue weighted by Gasteiger charge is -2.09. The molecule has 26 heavy (non-hydrogen) atoms. The third kappa shape index (κ3) is 4.08. The number of aromatic nitrogens is 2. The molecule has 2 aromatic carbocycles. The fourth-order valence-electron chi connectivity index (χ4n) is 2.58. The summed E-state index contributed by atoms with van der Waals surface area (Å²) in [6, 6.07) is 16.8. The van der Waals surface area contributed by atoms with Crippen molar-refractivity contribution in [1.82, 2.24) is 9.97 Å². The molecule has 0 saturated carbocycles. The van der Waals surface area contributed by atoms with Gasteiger partial charge in [-0.05, 0) is 43.7 Å². The zero-order valence-electron chi connectivity index (χ0n) is 14.5. The molecule has 0 aliphatic heterocycles. The largest absolute Gasteiger partial charge is 0.484 e. The van der Waals surface area contributed by atoms with Crippen LogP contribution in [0.2, 0.25) is 0 Å². The van der Waals surface area contributed by atoms with Crippen LogP contribution < -0.4 is 10.1 Å². The minimum Gasteiger partial charge on any atom is -0.484 e. The highest BCUT2D eigenvalue weighted by Crippen LogP contribution is 2.24. The van der Waals surface area contributed by atoms with Gasteiger partial charge in [-0.25, -0.2) is 4.98 Å². The normalized spacial score (nSPS) is 10.2. The summed E-state index contributed by atoms with van der Waals surface area (Å²) in [6.45, 7) is 3.67. The molecule has 0 unspecified atom stereocenters. The van der Waals surface area contributed by atoms with Gasteiger partial charge in [-0.3, -0.25) is 4.79 Å². The van der Waals surface area contributed by atoms with Crippen molar-refractivity contribution in [2.24, 2.45) is 0 Å². The Labute approximate surface area is 151 Å². The first-order chi connectivity index (χ1) is 12.5. The van der Waals surface area contributed by atoms with Crippen LogP contribution in [0, 0.1) is 25.2 Å². The van der Waals surface area contributed by atoms with Gasteiger partial charge >= 0.3 is 0 Å². The van der Waals surface area contributed by atoms with E-state index < -0.39 is 0 Å². The second-order valence-corrected chi connectivity index (χ2v) is 5.89. The summed E-state index contributed by atoms with van der Waals surface area (Å²) in [5.41, 5.74) is 3.43. The Kier molecular flexibility index (Phi) is 4.99. The van der Waals surface area contributed by atoms with Gasteiger partial charge in [-0.2, -0.15) is 5.26 Å². The van der Waals surface area contributed by atoms with Gasteiger partial charge in [-0.15, -0.1) is 0 Å². The van der Waals surface area contributed by atoms with E-state index >= 15 is 0 Å². The van der Waals surface area contributed by atoms with Crippen molar-refractivity contribution in [3.63, 3.8) is 0 Å². The molecule has 6 nitrogen and oxygen atoms in total. The minimum absolute atomic E-state index is 0.0830. The SMILES string of the molecule is Cc1cccc(OCC(=O)Nc2cccc(-c3[nH]c(C)nc3C#N)c2)c1. The molecule has 2 N–H and O–H groups in total. The quantitative estimate of drug-likeness (QED) is 0.739. The van der Waals surface area contributed by atoms with Crippen molar-refractivity contribution < 1.29 is 9.53 Å². The summed E-state index contributed by atoms with van der Waals surface area (Å²) < 4.78 is 5.50. The van der Waals surface area contributed by atoms with Crippen LogP contribution in [-0.4, -0.2) is 22.5 Å². The molecule has 3 aromatic rings. The van der Waals surface area contributed by atoms with Gasteiger partial charge in [0.05, 0.1) is 5.69 Å². The molecule has 0 aliphatic carbocycles. The summed E-state index contributed by atoms with van der Waals surface area (Å²) in [5.74, 6) is 1.06. The Morgan fingerprint density at radius 2 is 2.04 bits per heavy atom. The molecule has 3 rings (SSSR count). The van der Waals surface area contributed by atoms with Crippen LogP contribution in [0.25, 0.3) is 11.3 Å². The fourth-order valence-corrected chi connectivity index (χ4v) is 2.58. The Bertz CT molecular complexity index is 985. The maximum absolute atomic E-state index is 12.1.